The molecule has 0 aromatic rings. The van der Waals surface area contributed by atoms with Gasteiger partial charge in [0.25, 0.3) is 0 Å². The molecule has 5 nitrogen and oxygen atoms in total. The van der Waals surface area contributed by atoms with Gasteiger partial charge >= 0.3 is 0 Å². The van der Waals surface area contributed by atoms with Crippen LogP contribution in [0, 0.1) is 0 Å². The lowest BCUT2D eigenvalue weighted by Gasteiger charge is -2.02. The topological polar surface area (TPSA) is 139 Å². The van der Waals surface area contributed by atoms with E-state index in [9.17, 15) is 0 Å². The van der Waals surface area contributed by atoms with E-state index in [0.29, 0.717) is 6.61 Å². The average molecular weight is 372 g/mol. The third-order valence-electron chi connectivity index (χ3n) is 3.76. The van der Waals surface area contributed by atoms with Crippen LogP contribution in [0.1, 0.15) is 126 Å². The highest BCUT2D eigenvalue weighted by Crippen LogP contribution is 2.13. The molecule has 25 heavy (non-hydrogen) atoms. The van der Waals surface area contributed by atoms with Crippen molar-refractivity contribution >= 4 is 0 Å². The van der Waals surface area contributed by atoms with Gasteiger partial charge in [-0.1, -0.05) is 118 Å². The van der Waals surface area contributed by atoms with E-state index in [2.05, 4.69) is 18.6 Å². The monoisotopic (exact) mass is 371 g/mol. The van der Waals surface area contributed by atoms with Gasteiger partial charge in [-0.05, 0) is 6.42 Å². The smallest absolute Gasteiger partial charge is 0.0431 e. The minimum Gasteiger partial charge on any atom is -0.412 e. The highest BCUT2D eigenvalue weighted by Gasteiger charge is 1.93. The van der Waals surface area contributed by atoms with Gasteiger partial charge in [-0.3, -0.25) is 11.7 Å². The van der Waals surface area contributed by atoms with Gasteiger partial charge in [0.2, 0.25) is 0 Å². The van der Waals surface area contributed by atoms with Gasteiger partial charge in [-0.2, -0.15) is 0 Å². The van der Waals surface area contributed by atoms with Gasteiger partial charge in [0, 0.05) is 8.03 Å². The summed E-state index contributed by atoms with van der Waals surface area (Å²) in [6, 6.07) is 0. The maximum atomic E-state index is 8.66. The number of unbranched alkanes of at least 4 members (excludes halogenated alkanes) is 14. The summed E-state index contributed by atoms with van der Waals surface area (Å²) in [7, 11) is 0. The number of hydrogen-bond acceptors (Lipinski definition) is 4. The average Bonchev–Trinajstić information content (AvgIpc) is 2.59. The minimum absolute atomic E-state index is 0. The summed E-state index contributed by atoms with van der Waals surface area (Å²) in [5.74, 6) is 8.00. The van der Waals surface area contributed by atoms with Crippen molar-refractivity contribution in [3.8, 4) is 0 Å². The van der Waals surface area contributed by atoms with Crippen LogP contribution in [-0.4, -0.2) is 17.2 Å². The molecule has 5 heteroatoms. The second kappa shape index (κ2) is 49.6. The zero-order chi connectivity index (χ0) is 17.3. The Balaban J connectivity index is -0.0000000839. The van der Waals surface area contributed by atoms with Crippen molar-refractivity contribution in [2.45, 2.75) is 125 Å². The number of hydrogen-bond donors (Lipinski definition) is 4. The first kappa shape index (κ1) is 39.7. The van der Waals surface area contributed by atoms with Crippen LogP contribution in [0.5, 0.6) is 0 Å². The van der Waals surface area contributed by atoms with Gasteiger partial charge in [-0.25, -0.2) is 0 Å². The quantitative estimate of drug-likeness (QED) is 0.161. The second-order valence-corrected chi connectivity index (χ2v) is 5.67. The minimum atomic E-state index is 0. The molecule has 0 aromatic carbocycles. The normalized spacial score (nSPS) is 8.40. The molecule has 0 radical (unpaired) electrons. The first-order chi connectivity index (χ1) is 10.9. The molecule has 0 unspecified atom stereocenters. The van der Waals surface area contributed by atoms with E-state index >= 15 is 0 Å². The molecule has 0 fully saturated rings. The molecular weight excluding hydrogens is 314 g/mol. The Morgan fingerprint density at radius 3 is 1.00 bits per heavy atom. The van der Waals surface area contributed by atoms with Crippen LogP contribution >= 0.6 is 0 Å². The molecule has 0 aliphatic heterocycles. The second-order valence-electron chi connectivity index (χ2n) is 5.67. The molecule has 0 atom stereocenters. The first-order valence-electron chi connectivity index (χ1n) is 9.86. The lowest BCUT2D eigenvalue weighted by molar-refractivity contribution is 0.282. The molecule has 0 aliphatic carbocycles. The van der Waals surface area contributed by atoms with E-state index < -0.39 is 0 Å². The molecule has 0 aromatic heterocycles. The van der Waals surface area contributed by atoms with Crippen LogP contribution in [0.15, 0.2) is 0 Å². The Labute approximate surface area is 161 Å². The lowest BCUT2D eigenvalue weighted by Crippen LogP contribution is -2.02. The predicted octanol–water partition coefficient (Wildman–Crippen LogP) is 5.91. The zero-order valence-corrected chi connectivity index (χ0v) is 17.1. The fraction of sp³-hybridized carbons (Fsp3) is 1.00. The standard InChI is InChI=1S/C17H36O.C2H6.CH4.H4N2.H3N.H2O.H2/c1-2-3-4-5-6-7-8-9-10-11-12-13-14-15-16-17-18;1-2;;1-2;;;/h18H,2-17H2,1H3;1-2H3;1H4;1-2H2;1H3;1H2;1H. The third kappa shape index (κ3) is 51.6. The summed E-state index contributed by atoms with van der Waals surface area (Å²) in [6.45, 7) is 6.65. The molecule has 10 N–H and O–H groups in total. The van der Waals surface area contributed by atoms with Crippen LogP contribution in [-0.2, 0) is 0 Å². The van der Waals surface area contributed by atoms with E-state index in [0.717, 1.165) is 6.42 Å². The van der Waals surface area contributed by atoms with Crippen molar-refractivity contribution in [1.82, 2.24) is 6.15 Å². The molecule has 0 saturated carbocycles. The number of hydrazine groups is 1. The van der Waals surface area contributed by atoms with Gasteiger partial charge in [-0.15, -0.1) is 0 Å². The molecule has 0 spiro atoms. The highest BCUT2D eigenvalue weighted by atomic mass is 16.2. The first-order valence-corrected chi connectivity index (χ1v) is 9.86. The van der Waals surface area contributed by atoms with Crippen LogP contribution < -0.4 is 17.8 Å². The number of aliphatic hydroxyl groups is 1. The van der Waals surface area contributed by atoms with Crippen molar-refractivity contribution < 1.29 is 12.0 Å². The summed E-state index contributed by atoms with van der Waals surface area (Å²) in [4.78, 5) is 0. The summed E-state index contributed by atoms with van der Waals surface area (Å²) < 4.78 is 0. The predicted molar refractivity (Wildman–Crippen MR) is 119 cm³/mol. The number of rotatable bonds is 15. The van der Waals surface area contributed by atoms with E-state index in [4.69, 9.17) is 5.11 Å². The maximum Gasteiger partial charge on any atom is 0.0431 e. The fourth-order valence-electron chi connectivity index (χ4n) is 2.48. The lowest BCUT2D eigenvalue weighted by atomic mass is 10.0. The van der Waals surface area contributed by atoms with E-state index in [1.807, 2.05) is 13.8 Å². The van der Waals surface area contributed by atoms with E-state index in [1.54, 1.807) is 0 Å². The number of aliphatic hydroxyl groups excluding tert-OH is 1. The Kier molecular flexibility index (Phi) is 78.8. The molecule has 0 heterocycles. The molecule has 0 amide bonds. The van der Waals surface area contributed by atoms with Gasteiger partial charge < -0.3 is 16.7 Å². The molecule has 164 valence electrons. The van der Waals surface area contributed by atoms with Crippen LogP contribution in [0.4, 0.5) is 0 Å². The molecule has 0 bridgehead atoms. The van der Waals surface area contributed by atoms with Crippen molar-refractivity contribution in [2.24, 2.45) is 11.7 Å². The fourth-order valence-corrected chi connectivity index (χ4v) is 2.48. The Morgan fingerprint density at radius 1 is 0.600 bits per heavy atom. The Morgan fingerprint density at radius 2 is 0.800 bits per heavy atom. The van der Waals surface area contributed by atoms with Crippen molar-refractivity contribution in [2.75, 3.05) is 6.61 Å². The third-order valence-corrected chi connectivity index (χ3v) is 3.76. The van der Waals surface area contributed by atoms with Crippen LogP contribution in [0.3, 0.4) is 0 Å². The van der Waals surface area contributed by atoms with Crippen molar-refractivity contribution in [3.05, 3.63) is 0 Å². The van der Waals surface area contributed by atoms with E-state index in [-0.39, 0.29) is 20.5 Å². The SMILES string of the molecule is C.CC.CCCCCCCCCCCCCCCCCO.N.NN.O.[HH]. The molecule has 0 rings (SSSR count). The highest BCUT2D eigenvalue weighted by molar-refractivity contribution is 4.49. The maximum absolute atomic E-state index is 8.66. The Bertz CT molecular complexity index is 141. The molecular formula is C20H57N3O2. The number of nitrogens with two attached hydrogens (primary N) is 2. The molecule has 0 aliphatic rings. The summed E-state index contributed by atoms with van der Waals surface area (Å²) >= 11 is 0. The summed E-state index contributed by atoms with van der Waals surface area (Å²) in [5, 5.41) is 8.66. The van der Waals surface area contributed by atoms with E-state index in [1.165, 1.54) is 89.9 Å². The Hall–Kier alpha value is -0.200. The largest absolute Gasteiger partial charge is 0.412 e. The summed E-state index contributed by atoms with van der Waals surface area (Å²) in [6.07, 6.45) is 20.7. The zero-order valence-electron chi connectivity index (χ0n) is 17.1. The van der Waals surface area contributed by atoms with Crippen molar-refractivity contribution in [1.29, 1.82) is 0 Å². The van der Waals surface area contributed by atoms with Crippen molar-refractivity contribution in [3.63, 3.8) is 0 Å². The van der Waals surface area contributed by atoms with Gasteiger partial charge in [0.05, 0.1) is 0 Å². The van der Waals surface area contributed by atoms with Crippen LogP contribution in [0.25, 0.3) is 0 Å². The molecule has 0 saturated heterocycles. The van der Waals surface area contributed by atoms with Gasteiger partial charge in [0.1, 0.15) is 0 Å². The van der Waals surface area contributed by atoms with Gasteiger partial charge in [0.15, 0.2) is 0 Å². The van der Waals surface area contributed by atoms with Crippen LogP contribution in [0.2, 0.25) is 0 Å². The summed E-state index contributed by atoms with van der Waals surface area (Å²) in [5.41, 5.74) is 0.